The average molecular weight is 175 g/mol. The van der Waals surface area contributed by atoms with Crippen molar-refractivity contribution in [3.05, 3.63) is 6.33 Å². The highest BCUT2D eigenvalue weighted by atomic mass is 32.2. The van der Waals surface area contributed by atoms with Gasteiger partial charge in [-0.05, 0) is 0 Å². The van der Waals surface area contributed by atoms with E-state index in [0.29, 0.717) is 17.5 Å². The van der Waals surface area contributed by atoms with Gasteiger partial charge in [0, 0.05) is 5.75 Å². The first-order valence-electron chi connectivity index (χ1n) is 2.94. The van der Waals surface area contributed by atoms with E-state index in [9.17, 15) is 0 Å². The molecule has 0 aliphatic heterocycles. The van der Waals surface area contributed by atoms with E-state index in [-0.39, 0.29) is 0 Å². The topological polar surface area (TPSA) is 92.0 Å². The van der Waals surface area contributed by atoms with Crippen molar-refractivity contribution in [2.75, 3.05) is 18.2 Å². The van der Waals surface area contributed by atoms with E-state index in [0.717, 1.165) is 0 Å². The van der Waals surface area contributed by atoms with Crippen molar-refractivity contribution >= 4 is 11.8 Å². The Morgan fingerprint density at radius 3 is 3.09 bits per heavy atom. The molecule has 0 atom stereocenters. The van der Waals surface area contributed by atoms with Crippen molar-refractivity contribution in [1.29, 1.82) is 0 Å². The number of nitrogens with zero attached hydrogens (tertiary/aromatic N) is 3. The first kappa shape index (κ1) is 8.31. The predicted octanol–water partition coefficient (Wildman–Crippen LogP) is -1.03. The van der Waals surface area contributed by atoms with Crippen molar-refractivity contribution in [1.82, 2.24) is 14.9 Å². The van der Waals surface area contributed by atoms with Crippen LogP contribution in [0.25, 0.3) is 0 Å². The van der Waals surface area contributed by atoms with Crippen molar-refractivity contribution in [3.8, 4) is 0 Å². The molecule has 0 aliphatic carbocycles. The fourth-order valence-corrected chi connectivity index (χ4v) is 1.18. The predicted molar refractivity (Wildman–Crippen MR) is 41.0 cm³/mol. The number of aromatic nitrogens is 3. The summed E-state index contributed by atoms with van der Waals surface area (Å²) in [5.74, 6) is 11.0. The third-order valence-electron chi connectivity index (χ3n) is 0.973. The monoisotopic (exact) mass is 175 g/mol. The molecule has 1 heterocycles. The van der Waals surface area contributed by atoms with Gasteiger partial charge in [0.2, 0.25) is 5.16 Å². The molecule has 0 bridgehead atoms. The smallest absolute Gasteiger partial charge is 0.209 e. The maximum Gasteiger partial charge on any atom is 0.209 e. The molecule has 0 aromatic carbocycles. The Morgan fingerprint density at radius 1 is 1.73 bits per heavy atom. The molecule has 62 valence electrons. The minimum atomic E-state index is 0.470. The molecule has 4 N–H and O–H groups in total. The van der Waals surface area contributed by atoms with Crippen LogP contribution in [0.5, 0.6) is 0 Å². The molecule has 7 heteroatoms. The molecule has 0 spiro atoms. The van der Waals surface area contributed by atoms with E-state index >= 15 is 0 Å². The van der Waals surface area contributed by atoms with Crippen LogP contribution in [0.4, 0.5) is 0 Å². The van der Waals surface area contributed by atoms with Crippen molar-refractivity contribution in [2.45, 2.75) is 5.16 Å². The largest absolute Gasteiger partial charge is 0.336 e. The zero-order valence-corrected chi connectivity index (χ0v) is 6.62. The van der Waals surface area contributed by atoms with Crippen LogP contribution < -0.4 is 11.7 Å². The van der Waals surface area contributed by atoms with Gasteiger partial charge in [0.1, 0.15) is 6.33 Å². The normalized spacial score (nSPS) is 10.3. The Labute approximate surface area is 67.8 Å². The highest BCUT2D eigenvalue weighted by Gasteiger charge is 1.99. The minimum Gasteiger partial charge on any atom is -0.336 e. The van der Waals surface area contributed by atoms with Crippen molar-refractivity contribution in [3.63, 3.8) is 0 Å². The summed E-state index contributed by atoms with van der Waals surface area (Å²) >= 11 is 1.44. The highest BCUT2D eigenvalue weighted by molar-refractivity contribution is 7.99. The molecule has 0 saturated heterocycles. The van der Waals surface area contributed by atoms with E-state index < -0.39 is 0 Å². The van der Waals surface area contributed by atoms with Gasteiger partial charge in [-0.25, -0.2) is 10.6 Å². The van der Waals surface area contributed by atoms with E-state index in [1.807, 2.05) is 0 Å². The van der Waals surface area contributed by atoms with E-state index in [1.165, 1.54) is 22.8 Å². The summed E-state index contributed by atoms with van der Waals surface area (Å²) in [7, 11) is 0. The maximum absolute atomic E-state index is 5.42. The van der Waals surface area contributed by atoms with Crippen molar-refractivity contribution in [2.24, 2.45) is 5.90 Å². The summed E-state index contributed by atoms with van der Waals surface area (Å²) in [6.07, 6.45) is 1.44. The van der Waals surface area contributed by atoms with Crippen LogP contribution in [0.1, 0.15) is 0 Å². The van der Waals surface area contributed by atoms with Crippen LogP contribution in [-0.4, -0.2) is 27.2 Å². The van der Waals surface area contributed by atoms with Gasteiger partial charge < -0.3 is 10.7 Å². The number of nitrogens with two attached hydrogens (primary N) is 2. The number of nitrogen functional groups attached to an aromatic ring is 1. The lowest BCUT2D eigenvalue weighted by Crippen LogP contribution is -2.09. The zero-order chi connectivity index (χ0) is 8.10. The van der Waals surface area contributed by atoms with Crippen LogP contribution in [0.15, 0.2) is 11.5 Å². The van der Waals surface area contributed by atoms with Gasteiger partial charge in [-0.2, -0.15) is 0 Å². The molecule has 1 aromatic rings. The molecule has 0 amide bonds. The molecule has 0 radical (unpaired) electrons. The van der Waals surface area contributed by atoms with Gasteiger partial charge >= 0.3 is 0 Å². The third kappa shape index (κ3) is 2.37. The molecule has 1 aromatic heterocycles. The second-order valence-electron chi connectivity index (χ2n) is 1.74. The summed E-state index contributed by atoms with van der Waals surface area (Å²) in [5.41, 5.74) is 0. The summed E-state index contributed by atoms with van der Waals surface area (Å²) in [6.45, 7) is 0.470. The summed E-state index contributed by atoms with van der Waals surface area (Å²) in [4.78, 5) is 4.36. The van der Waals surface area contributed by atoms with Gasteiger partial charge in [-0.15, -0.1) is 10.2 Å². The first-order chi connectivity index (χ1) is 5.34. The molecule has 11 heavy (non-hydrogen) atoms. The summed E-state index contributed by atoms with van der Waals surface area (Å²) in [6, 6.07) is 0. The third-order valence-corrected chi connectivity index (χ3v) is 1.89. The lowest BCUT2D eigenvalue weighted by atomic mass is 10.9. The minimum absolute atomic E-state index is 0.470. The van der Waals surface area contributed by atoms with Crippen molar-refractivity contribution < 1.29 is 4.84 Å². The SMILES string of the molecule is NOCCSc1nncn1N. The standard InChI is InChI=1S/C4H9N5OS/c5-9-3-7-8-4(9)11-2-1-10-6/h3H,1-2,5-6H2. The number of thioether (sulfide) groups is 1. The molecule has 0 fully saturated rings. The zero-order valence-electron chi connectivity index (χ0n) is 5.80. The lowest BCUT2D eigenvalue weighted by molar-refractivity contribution is 0.155. The molecule has 1 rings (SSSR count). The van der Waals surface area contributed by atoms with Crippen LogP contribution in [-0.2, 0) is 4.84 Å². The number of hydrogen-bond donors (Lipinski definition) is 2. The Balaban J connectivity index is 2.32. The van der Waals surface area contributed by atoms with Gasteiger partial charge in [0.15, 0.2) is 0 Å². The number of rotatable bonds is 4. The Bertz CT molecular complexity index is 214. The van der Waals surface area contributed by atoms with Gasteiger partial charge in [-0.1, -0.05) is 11.8 Å². The lowest BCUT2D eigenvalue weighted by Gasteiger charge is -1.97. The van der Waals surface area contributed by atoms with E-state index in [4.69, 9.17) is 11.7 Å². The van der Waals surface area contributed by atoms with Crippen LogP contribution in [0, 0.1) is 0 Å². The Kier molecular flexibility index (Phi) is 3.14. The second-order valence-corrected chi connectivity index (χ2v) is 2.80. The summed E-state index contributed by atoms with van der Waals surface area (Å²) in [5, 5.41) is 7.99. The van der Waals surface area contributed by atoms with Gasteiger partial charge in [0.25, 0.3) is 0 Å². The van der Waals surface area contributed by atoms with Gasteiger partial charge in [0.05, 0.1) is 6.61 Å². The fourth-order valence-electron chi connectivity index (χ4n) is 0.516. The van der Waals surface area contributed by atoms with Crippen LogP contribution >= 0.6 is 11.8 Å². The first-order valence-corrected chi connectivity index (χ1v) is 3.92. The molecule has 0 unspecified atom stereocenters. The molecule has 0 saturated carbocycles. The molecule has 6 nitrogen and oxygen atoms in total. The molecule has 0 aliphatic rings. The number of hydrogen-bond acceptors (Lipinski definition) is 6. The Morgan fingerprint density at radius 2 is 2.55 bits per heavy atom. The molecular weight excluding hydrogens is 166 g/mol. The van der Waals surface area contributed by atoms with E-state index in [1.54, 1.807) is 0 Å². The maximum atomic E-state index is 5.42. The highest BCUT2D eigenvalue weighted by Crippen LogP contribution is 2.10. The second kappa shape index (κ2) is 4.16. The Hall–Kier alpha value is -0.790. The van der Waals surface area contributed by atoms with Crippen LogP contribution in [0.2, 0.25) is 0 Å². The van der Waals surface area contributed by atoms with Crippen LogP contribution in [0.3, 0.4) is 0 Å². The summed E-state index contributed by atoms with van der Waals surface area (Å²) < 4.78 is 1.35. The molecular formula is C4H9N5OS. The fraction of sp³-hybridized carbons (Fsp3) is 0.500. The quantitative estimate of drug-likeness (QED) is 0.263. The average Bonchev–Trinajstić information content (AvgIpc) is 2.37. The van der Waals surface area contributed by atoms with E-state index in [2.05, 4.69) is 15.0 Å². The van der Waals surface area contributed by atoms with Gasteiger partial charge in [-0.3, -0.25) is 0 Å².